The van der Waals surface area contributed by atoms with E-state index in [1.54, 1.807) is 13.2 Å². The largest absolute Gasteiger partial charge is 0.497 e. The number of nitrogens with zero attached hydrogens (tertiary/aromatic N) is 2. The van der Waals surface area contributed by atoms with Gasteiger partial charge in [0.05, 0.1) is 20.2 Å². The fourth-order valence-electron chi connectivity index (χ4n) is 2.18. The molecule has 0 atom stereocenters. The molecule has 0 aromatic heterocycles. The monoisotopic (exact) mass is 332 g/mol. The minimum absolute atomic E-state index is 0.654. The second kappa shape index (κ2) is 10.8. The lowest BCUT2D eigenvalue weighted by atomic mass is 10.1. The third-order valence-electron chi connectivity index (χ3n) is 3.54. The second-order valence-electron chi connectivity index (χ2n) is 5.47. The standard InChI is InChI=1S/C22H24N2O/c1-3-15-23-17-20-9-7-19(8-10-20)6-4-5-16-24-18-21-11-13-22(25-2)14-12-21/h3-5,7-14,17-18H,1,6,15-16H2,2H3/b5-4+,23-17+,24-18+. The Morgan fingerprint density at radius 3 is 2.04 bits per heavy atom. The van der Waals surface area contributed by atoms with Gasteiger partial charge < -0.3 is 4.74 Å². The smallest absolute Gasteiger partial charge is 0.118 e. The highest BCUT2D eigenvalue weighted by Gasteiger charge is 1.91. The van der Waals surface area contributed by atoms with E-state index in [1.165, 1.54) is 5.56 Å². The molecule has 2 rings (SSSR count). The molecule has 0 saturated heterocycles. The van der Waals surface area contributed by atoms with E-state index in [-0.39, 0.29) is 0 Å². The fraction of sp³-hybridized carbons (Fsp3) is 0.182. The zero-order chi connectivity index (χ0) is 17.7. The molecular weight excluding hydrogens is 308 g/mol. The van der Waals surface area contributed by atoms with E-state index in [2.05, 4.69) is 53.0 Å². The van der Waals surface area contributed by atoms with E-state index in [1.807, 2.05) is 36.7 Å². The van der Waals surface area contributed by atoms with Crippen LogP contribution in [0.4, 0.5) is 0 Å². The normalized spacial score (nSPS) is 11.6. The van der Waals surface area contributed by atoms with Crippen LogP contribution >= 0.6 is 0 Å². The molecule has 0 spiro atoms. The number of hydrogen-bond donors (Lipinski definition) is 0. The van der Waals surface area contributed by atoms with Crippen LogP contribution < -0.4 is 4.74 Å². The van der Waals surface area contributed by atoms with Crippen molar-refractivity contribution in [3.05, 3.63) is 90.0 Å². The van der Waals surface area contributed by atoms with Crippen LogP contribution in [0.5, 0.6) is 5.75 Å². The van der Waals surface area contributed by atoms with Gasteiger partial charge in [-0.25, -0.2) is 0 Å². The first-order chi connectivity index (χ1) is 12.3. The van der Waals surface area contributed by atoms with Crippen LogP contribution in [0.15, 0.2) is 83.3 Å². The average Bonchev–Trinajstić information content (AvgIpc) is 2.66. The Kier molecular flexibility index (Phi) is 7.92. The molecule has 0 aliphatic heterocycles. The van der Waals surface area contributed by atoms with E-state index in [0.29, 0.717) is 13.1 Å². The SMILES string of the molecule is C=CC/N=C/c1ccc(C/C=C/C/N=C/c2ccc(OC)cc2)cc1. The number of rotatable bonds is 9. The summed E-state index contributed by atoms with van der Waals surface area (Å²) in [6.45, 7) is 4.98. The molecule has 0 saturated carbocycles. The molecule has 2 aromatic carbocycles. The fourth-order valence-corrected chi connectivity index (χ4v) is 2.18. The van der Waals surface area contributed by atoms with E-state index < -0.39 is 0 Å². The maximum Gasteiger partial charge on any atom is 0.118 e. The van der Waals surface area contributed by atoms with Gasteiger partial charge in [0.15, 0.2) is 0 Å². The summed E-state index contributed by atoms with van der Waals surface area (Å²) in [4.78, 5) is 8.65. The van der Waals surface area contributed by atoms with E-state index >= 15 is 0 Å². The van der Waals surface area contributed by atoms with Crippen molar-refractivity contribution >= 4 is 12.4 Å². The Balaban J connectivity index is 1.75. The first kappa shape index (κ1) is 18.4. The molecule has 0 radical (unpaired) electrons. The van der Waals surface area contributed by atoms with Crippen LogP contribution in [0.25, 0.3) is 0 Å². The number of hydrogen-bond acceptors (Lipinski definition) is 3. The lowest BCUT2D eigenvalue weighted by molar-refractivity contribution is 0.415. The minimum atomic E-state index is 0.654. The van der Waals surface area contributed by atoms with Crippen molar-refractivity contribution in [3.63, 3.8) is 0 Å². The maximum absolute atomic E-state index is 5.13. The predicted octanol–water partition coefficient (Wildman–Crippen LogP) is 4.52. The predicted molar refractivity (Wildman–Crippen MR) is 107 cm³/mol. The highest BCUT2D eigenvalue weighted by Crippen LogP contribution is 2.09. The topological polar surface area (TPSA) is 34.0 Å². The molecule has 0 aliphatic carbocycles. The zero-order valence-electron chi connectivity index (χ0n) is 14.6. The molecule has 3 heteroatoms. The summed E-state index contributed by atoms with van der Waals surface area (Å²) in [6, 6.07) is 16.3. The van der Waals surface area contributed by atoms with E-state index in [9.17, 15) is 0 Å². The van der Waals surface area contributed by atoms with Crippen LogP contribution in [0.2, 0.25) is 0 Å². The number of ether oxygens (including phenoxy) is 1. The summed E-state index contributed by atoms with van der Waals surface area (Å²) in [7, 11) is 1.66. The maximum atomic E-state index is 5.13. The third-order valence-corrected chi connectivity index (χ3v) is 3.54. The molecule has 0 aliphatic rings. The Bertz CT molecular complexity index is 726. The highest BCUT2D eigenvalue weighted by molar-refractivity contribution is 5.80. The second-order valence-corrected chi connectivity index (χ2v) is 5.47. The van der Waals surface area contributed by atoms with Gasteiger partial charge in [0.25, 0.3) is 0 Å². The van der Waals surface area contributed by atoms with Crippen LogP contribution in [0.1, 0.15) is 16.7 Å². The Morgan fingerprint density at radius 2 is 1.44 bits per heavy atom. The Labute approximate surface area is 150 Å². The zero-order valence-corrected chi connectivity index (χ0v) is 14.6. The highest BCUT2D eigenvalue weighted by atomic mass is 16.5. The van der Waals surface area contributed by atoms with Crippen molar-refractivity contribution in [2.45, 2.75) is 6.42 Å². The number of benzene rings is 2. The van der Waals surface area contributed by atoms with Gasteiger partial charge in [-0.2, -0.15) is 0 Å². The molecule has 0 bridgehead atoms. The summed E-state index contributed by atoms with van der Waals surface area (Å²) >= 11 is 0. The molecule has 0 fully saturated rings. The van der Waals surface area contributed by atoms with Crippen molar-refractivity contribution in [1.82, 2.24) is 0 Å². The van der Waals surface area contributed by atoms with Crippen molar-refractivity contribution in [2.75, 3.05) is 20.2 Å². The number of aliphatic imine (C=N–C) groups is 2. The van der Waals surface area contributed by atoms with Crippen LogP contribution in [0, 0.1) is 0 Å². The van der Waals surface area contributed by atoms with Crippen LogP contribution in [0.3, 0.4) is 0 Å². The average molecular weight is 332 g/mol. The number of methoxy groups -OCH3 is 1. The molecule has 2 aromatic rings. The molecule has 0 heterocycles. The number of allylic oxidation sites excluding steroid dienone is 1. The molecular formula is C22H24N2O. The third kappa shape index (κ3) is 7.00. The van der Waals surface area contributed by atoms with Gasteiger partial charge in [0.2, 0.25) is 0 Å². The summed E-state index contributed by atoms with van der Waals surface area (Å²) in [5, 5.41) is 0. The van der Waals surface area contributed by atoms with Gasteiger partial charge in [-0.05, 0) is 47.4 Å². The van der Waals surface area contributed by atoms with Gasteiger partial charge >= 0.3 is 0 Å². The lowest BCUT2D eigenvalue weighted by Gasteiger charge is -1.98. The van der Waals surface area contributed by atoms with Gasteiger partial charge in [-0.15, -0.1) is 6.58 Å². The minimum Gasteiger partial charge on any atom is -0.497 e. The quantitative estimate of drug-likeness (QED) is 0.491. The first-order valence-electron chi connectivity index (χ1n) is 8.30. The van der Waals surface area contributed by atoms with Gasteiger partial charge in [-0.3, -0.25) is 9.98 Å². The summed E-state index contributed by atoms with van der Waals surface area (Å²) in [6.07, 6.45) is 10.7. The Morgan fingerprint density at radius 1 is 0.840 bits per heavy atom. The summed E-state index contributed by atoms with van der Waals surface area (Å²) in [5.74, 6) is 0.857. The van der Waals surface area contributed by atoms with Crippen molar-refractivity contribution < 1.29 is 4.74 Å². The van der Waals surface area contributed by atoms with Crippen molar-refractivity contribution in [1.29, 1.82) is 0 Å². The summed E-state index contributed by atoms with van der Waals surface area (Å²) in [5.41, 5.74) is 3.46. The van der Waals surface area contributed by atoms with Gasteiger partial charge in [0, 0.05) is 12.4 Å². The van der Waals surface area contributed by atoms with Gasteiger partial charge in [0.1, 0.15) is 5.75 Å². The van der Waals surface area contributed by atoms with Crippen LogP contribution in [-0.2, 0) is 6.42 Å². The Hall–Kier alpha value is -2.94. The van der Waals surface area contributed by atoms with Gasteiger partial charge in [-0.1, -0.05) is 42.5 Å². The molecule has 0 N–H and O–H groups in total. The van der Waals surface area contributed by atoms with E-state index in [4.69, 9.17) is 4.74 Å². The molecule has 3 nitrogen and oxygen atoms in total. The first-order valence-corrected chi connectivity index (χ1v) is 8.30. The van der Waals surface area contributed by atoms with E-state index in [0.717, 1.165) is 23.3 Å². The molecule has 128 valence electrons. The molecule has 0 amide bonds. The van der Waals surface area contributed by atoms with Crippen molar-refractivity contribution in [3.8, 4) is 5.75 Å². The van der Waals surface area contributed by atoms with Crippen LogP contribution in [-0.4, -0.2) is 32.6 Å². The van der Waals surface area contributed by atoms with Crippen molar-refractivity contribution in [2.24, 2.45) is 9.98 Å². The molecule has 25 heavy (non-hydrogen) atoms. The lowest BCUT2D eigenvalue weighted by Crippen LogP contribution is -1.86. The summed E-state index contributed by atoms with van der Waals surface area (Å²) < 4.78 is 5.13. The molecule has 0 unspecified atom stereocenters.